The predicted octanol–water partition coefficient (Wildman–Crippen LogP) is 3.95. The lowest BCUT2D eigenvalue weighted by Gasteiger charge is -2.27. The van der Waals surface area contributed by atoms with Gasteiger partial charge in [-0.05, 0) is 42.8 Å². The van der Waals surface area contributed by atoms with Gasteiger partial charge >= 0.3 is 5.97 Å². The van der Waals surface area contributed by atoms with Crippen molar-refractivity contribution >= 4 is 34.1 Å². The highest BCUT2D eigenvalue weighted by Gasteiger charge is 2.32. The third-order valence-electron chi connectivity index (χ3n) is 4.44. The molecule has 0 aliphatic carbocycles. The molecule has 0 bridgehead atoms. The number of rotatable bonds is 9. The number of nitrogens with one attached hydrogen (secondary N) is 1. The lowest BCUT2D eigenvalue weighted by atomic mass is 10.1. The zero-order valence-corrected chi connectivity index (χ0v) is 17.0. The zero-order valence-electron chi connectivity index (χ0n) is 16.2. The summed E-state index contributed by atoms with van der Waals surface area (Å²) in [5.74, 6) is -3.14. The monoisotopic (exact) mass is 422 g/mol. The van der Waals surface area contributed by atoms with E-state index in [2.05, 4.69) is 5.43 Å². The number of carbonyl (C=O) groups is 2. The molecule has 0 radical (unpaired) electrons. The molecule has 2 N–H and O–H groups in total. The number of aliphatic carboxylic acids is 1. The van der Waals surface area contributed by atoms with Crippen molar-refractivity contribution in [3.8, 4) is 0 Å². The zero-order chi connectivity index (χ0) is 21.3. The van der Waals surface area contributed by atoms with Gasteiger partial charge < -0.3 is 5.11 Å². The van der Waals surface area contributed by atoms with E-state index in [0.717, 1.165) is 0 Å². The Hall–Kier alpha value is -3.45. The Kier molecular flexibility index (Phi) is 7.34. The maximum absolute atomic E-state index is 13.2. The maximum Gasteiger partial charge on any atom is 0.316 e. The number of carbonyl (C=O) groups excluding carboxylic acids is 1. The van der Waals surface area contributed by atoms with Gasteiger partial charge in [0.1, 0.15) is 5.92 Å². The molecule has 1 amide bonds. The number of para-hydroxylation sites is 2. The smallest absolute Gasteiger partial charge is 0.316 e. The quantitative estimate of drug-likeness (QED) is 0.403. The number of carboxylic acids is 1. The molecule has 0 unspecified atom stereocenters. The number of benzene rings is 3. The first-order valence-corrected chi connectivity index (χ1v) is 10.7. The summed E-state index contributed by atoms with van der Waals surface area (Å²) in [6, 6.07) is 26.6. The van der Waals surface area contributed by atoms with E-state index >= 15 is 0 Å². The molecule has 154 valence electrons. The third-order valence-corrected chi connectivity index (χ3v) is 5.85. The van der Waals surface area contributed by atoms with Crippen LogP contribution in [0.25, 0.3) is 0 Å². The normalized spacial score (nSPS) is 12.5. The highest BCUT2D eigenvalue weighted by Crippen LogP contribution is 2.21. The summed E-state index contributed by atoms with van der Waals surface area (Å²) in [5.41, 5.74) is 4.15. The molecule has 30 heavy (non-hydrogen) atoms. The molecule has 0 spiro atoms. The van der Waals surface area contributed by atoms with Crippen molar-refractivity contribution in [3.63, 3.8) is 0 Å². The molecule has 0 aliphatic rings. The van der Waals surface area contributed by atoms with Crippen LogP contribution < -0.4 is 10.4 Å². The van der Waals surface area contributed by atoms with E-state index in [1.54, 1.807) is 60.7 Å². The summed E-state index contributed by atoms with van der Waals surface area (Å²) in [7, 11) is -1.39. The number of carboxylic acid groups (broad SMARTS) is 1. The SMILES string of the molecule is O=C(O)[C@H](CC[S@](=O)c1ccccc1)C(=O)N(Nc1ccccc1)c1ccccc1. The summed E-state index contributed by atoms with van der Waals surface area (Å²) in [5, 5.41) is 11.0. The van der Waals surface area contributed by atoms with Crippen LogP contribution in [0.15, 0.2) is 95.9 Å². The molecule has 2 atom stereocenters. The minimum atomic E-state index is -1.39. The van der Waals surface area contributed by atoms with E-state index < -0.39 is 28.6 Å². The van der Waals surface area contributed by atoms with Gasteiger partial charge in [0.15, 0.2) is 0 Å². The van der Waals surface area contributed by atoms with E-state index in [4.69, 9.17) is 0 Å². The number of hydrogen-bond acceptors (Lipinski definition) is 4. The molecular weight excluding hydrogens is 400 g/mol. The molecule has 6 nitrogen and oxygen atoms in total. The van der Waals surface area contributed by atoms with Gasteiger partial charge in [-0.15, -0.1) is 0 Å². The van der Waals surface area contributed by atoms with Gasteiger partial charge in [0.05, 0.1) is 22.2 Å². The van der Waals surface area contributed by atoms with Crippen LogP contribution in [0.3, 0.4) is 0 Å². The largest absolute Gasteiger partial charge is 0.481 e. The lowest BCUT2D eigenvalue weighted by molar-refractivity contribution is -0.146. The van der Waals surface area contributed by atoms with Crippen LogP contribution in [-0.4, -0.2) is 26.9 Å². The van der Waals surface area contributed by atoms with Crippen LogP contribution in [0.5, 0.6) is 0 Å². The minimum absolute atomic E-state index is 0.0462. The van der Waals surface area contributed by atoms with Crippen LogP contribution in [0.4, 0.5) is 11.4 Å². The van der Waals surface area contributed by atoms with E-state index in [0.29, 0.717) is 16.3 Å². The van der Waals surface area contributed by atoms with E-state index in [9.17, 15) is 18.9 Å². The average Bonchev–Trinajstić information content (AvgIpc) is 2.79. The first-order valence-electron chi connectivity index (χ1n) is 9.43. The van der Waals surface area contributed by atoms with Gasteiger partial charge in [-0.1, -0.05) is 54.6 Å². The molecule has 0 saturated carbocycles. The van der Waals surface area contributed by atoms with Crippen molar-refractivity contribution in [2.45, 2.75) is 11.3 Å². The molecule has 0 fully saturated rings. The summed E-state index contributed by atoms with van der Waals surface area (Å²) in [6.07, 6.45) is -0.0462. The average molecular weight is 423 g/mol. The van der Waals surface area contributed by atoms with Crippen molar-refractivity contribution in [1.82, 2.24) is 0 Å². The molecule has 3 rings (SSSR count). The molecule has 3 aromatic rings. The minimum Gasteiger partial charge on any atom is -0.481 e. The third kappa shape index (κ3) is 5.55. The van der Waals surface area contributed by atoms with Crippen LogP contribution in [-0.2, 0) is 20.4 Å². The van der Waals surface area contributed by atoms with E-state index in [-0.39, 0.29) is 12.2 Å². The van der Waals surface area contributed by atoms with Gasteiger partial charge in [-0.3, -0.25) is 19.2 Å². The molecule has 0 aliphatic heterocycles. The Labute approximate surface area is 177 Å². The van der Waals surface area contributed by atoms with Crippen LogP contribution in [0.1, 0.15) is 6.42 Å². The molecule has 0 saturated heterocycles. The molecule has 0 aromatic heterocycles. The summed E-state index contributed by atoms with van der Waals surface area (Å²) in [6.45, 7) is 0. The fraction of sp³-hybridized carbons (Fsp3) is 0.130. The predicted molar refractivity (Wildman–Crippen MR) is 117 cm³/mol. The highest BCUT2D eigenvalue weighted by atomic mass is 32.2. The first-order chi connectivity index (χ1) is 14.6. The second kappa shape index (κ2) is 10.4. The Morgan fingerprint density at radius 3 is 1.97 bits per heavy atom. The number of hydrogen-bond donors (Lipinski definition) is 2. The lowest BCUT2D eigenvalue weighted by Crippen LogP contribution is -2.43. The van der Waals surface area contributed by atoms with Crippen LogP contribution in [0, 0.1) is 5.92 Å². The van der Waals surface area contributed by atoms with Gasteiger partial charge in [0.2, 0.25) is 0 Å². The second-order valence-corrected chi connectivity index (χ2v) is 8.10. The number of nitrogens with zero attached hydrogens (tertiary/aromatic N) is 1. The summed E-state index contributed by atoms with van der Waals surface area (Å²) >= 11 is 0. The molecule has 7 heteroatoms. The van der Waals surface area contributed by atoms with Crippen LogP contribution >= 0.6 is 0 Å². The van der Waals surface area contributed by atoms with Crippen molar-refractivity contribution in [3.05, 3.63) is 91.0 Å². The van der Waals surface area contributed by atoms with Crippen molar-refractivity contribution in [2.24, 2.45) is 5.92 Å². The molecular formula is C23H22N2O4S. The van der Waals surface area contributed by atoms with Gasteiger partial charge in [-0.2, -0.15) is 0 Å². The fourth-order valence-corrected chi connectivity index (χ4v) is 4.04. The number of hydrazine groups is 1. The Bertz CT molecular complexity index is 997. The Morgan fingerprint density at radius 1 is 0.867 bits per heavy atom. The Morgan fingerprint density at radius 2 is 1.40 bits per heavy atom. The van der Waals surface area contributed by atoms with Gasteiger partial charge in [0.25, 0.3) is 5.91 Å². The maximum atomic E-state index is 13.2. The van der Waals surface area contributed by atoms with Crippen LogP contribution in [0.2, 0.25) is 0 Å². The van der Waals surface area contributed by atoms with Gasteiger partial charge in [-0.25, -0.2) is 5.01 Å². The first kappa shape index (κ1) is 21.3. The second-order valence-electron chi connectivity index (χ2n) is 6.53. The van der Waals surface area contributed by atoms with Crippen molar-refractivity contribution in [2.75, 3.05) is 16.2 Å². The summed E-state index contributed by atoms with van der Waals surface area (Å²) < 4.78 is 12.5. The number of anilines is 2. The standard InChI is InChI=1S/C23H22N2O4S/c26-22(21(23(27)28)16-17-30(29)20-14-8-3-9-15-20)25(19-12-6-2-7-13-19)24-18-10-4-1-5-11-18/h1-15,21,24H,16-17H2,(H,27,28)/t21-,30+/m1/s1. The Balaban J connectivity index is 1.80. The molecule has 3 aromatic carbocycles. The number of amides is 1. The van der Waals surface area contributed by atoms with E-state index in [1.807, 2.05) is 30.3 Å². The summed E-state index contributed by atoms with van der Waals surface area (Å²) in [4.78, 5) is 25.7. The topological polar surface area (TPSA) is 86.7 Å². The van der Waals surface area contributed by atoms with Gasteiger partial charge in [0, 0.05) is 10.6 Å². The van der Waals surface area contributed by atoms with Crippen molar-refractivity contribution in [1.29, 1.82) is 0 Å². The molecule has 0 heterocycles. The van der Waals surface area contributed by atoms with E-state index in [1.165, 1.54) is 5.01 Å². The van der Waals surface area contributed by atoms with Crippen molar-refractivity contribution < 1.29 is 18.9 Å². The fourth-order valence-electron chi connectivity index (χ4n) is 2.89. The highest BCUT2D eigenvalue weighted by molar-refractivity contribution is 7.85.